The molecule has 0 bridgehead atoms. The Kier molecular flexibility index (Phi) is 3.58. The van der Waals surface area contributed by atoms with Gasteiger partial charge in [0.1, 0.15) is 0 Å². The maximum atomic E-state index is 12.0. The maximum Gasteiger partial charge on any atom is 0.253 e. The van der Waals surface area contributed by atoms with Gasteiger partial charge in [-0.05, 0) is 57.8 Å². The van der Waals surface area contributed by atoms with Gasteiger partial charge in [-0.3, -0.25) is 4.79 Å². The van der Waals surface area contributed by atoms with E-state index in [0.29, 0.717) is 5.56 Å². The van der Waals surface area contributed by atoms with Gasteiger partial charge >= 0.3 is 0 Å². The van der Waals surface area contributed by atoms with E-state index in [1.165, 1.54) is 0 Å². The highest BCUT2D eigenvalue weighted by atomic mass is 79.9. The van der Waals surface area contributed by atoms with Crippen molar-refractivity contribution in [3.8, 4) is 0 Å². The predicted molar refractivity (Wildman–Crippen MR) is 76.3 cm³/mol. The fourth-order valence-electron chi connectivity index (χ4n) is 1.64. The highest BCUT2D eigenvalue weighted by Crippen LogP contribution is 2.30. The lowest BCUT2D eigenvalue weighted by atomic mass is 10.1. The number of aromatic amines is 1. The number of hydrogen-bond acceptors (Lipinski definition) is 1. The van der Waals surface area contributed by atoms with Crippen LogP contribution in [0.4, 0.5) is 0 Å². The van der Waals surface area contributed by atoms with Crippen LogP contribution < -0.4 is 5.32 Å². The zero-order valence-corrected chi connectivity index (χ0v) is 12.6. The maximum absolute atomic E-state index is 12.0. The van der Waals surface area contributed by atoms with Gasteiger partial charge in [0.2, 0.25) is 0 Å². The summed E-state index contributed by atoms with van der Waals surface area (Å²) in [6.07, 6.45) is 1.74. The van der Waals surface area contributed by atoms with Gasteiger partial charge in [0.15, 0.2) is 0 Å². The molecule has 0 spiro atoms. The minimum atomic E-state index is -0.0551. The number of aromatic nitrogens is 1. The molecule has 0 radical (unpaired) electrons. The molecule has 0 aliphatic carbocycles. The number of halogens is 2. The number of rotatable bonds is 2. The third kappa shape index (κ3) is 2.55. The molecule has 0 saturated heterocycles. The van der Waals surface area contributed by atoms with Gasteiger partial charge in [-0.1, -0.05) is 0 Å². The quantitative estimate of drug-likeness (QED) is 0.840. The molecule has 1 aromatic carbocycles. The first kappa shape index (κ1) is 12.6. The van der Waals surface area contributed by atoms with Crippen LogP contribution >= 0.6 is 31.9 Å². The summed E-state index contributed by atoms with van der Waals surface area (Å²) >= 11 is 6.88. The van der Waals surface area contributed by atoms with Crippen molar-refractivity contribution in [1.29, 1.82) is 0 Å². The molecule has 1 heterocycles. The van der Waals surface area contributed by atoms with Crippen LogP contribution in [0, 0.1) is 0 Å². The Labute approximate surface area is 116 Å². The second-order valence-corrected chi connectivity index (χ2v) is 5.85. The largest absolute Gasteiger partial charge is 0.360 e. The van der Waals surface area contributed by atoms with Crippen molar-refractivity contribution in [2.24, 2.45) is 0 Å². The lowest BCUT2D eigenvalue weighted by molar-refractivity contribution is 0.0945. The van der Waals surface area contributed by atoms with Crippen molar-refractivity contribution in [2.45, 2.75) is 19.9 Å². The van der Waals surface area contributed by atoms with Gasteiger partial charge in [0.05, 0.1) is 5.56 Å². The van der Waals surface area contributed by atoms with Crippen molar-refractivity contribution in [2.75, 3.05) is 0 Å². The Morgan fingerprint density at radius 1 is 1.29 bits per heavy atom. The lowest BCUT2D eigenvalue weighted by Gasteiger charge is -2.07. The van der Waals surface area contributed by atoms with Gasteiger partial charge in [0, 0.05) is 32.1 Å². The van der Waals surface area contributed by atoms with Crippen LogP contribution in [-0.2, 0) is 0 Å². The highest BCUT2D eigenvalue weighted by molar-refractivity contribution is 9.13. The van der Waals surface area contributed by atoms with E-state index in [2.05, 4.69) is 42.2 Å². The average molecular weight is 360 g/mol. The molecule has 2 N–H and O–H groups in total. The number of benzene rings is 1. The fourth-order valence-corrected chi connectivity index (χ4v) is 2.33. The van der Waals surface area contributed by atoms with Crippen LogP contribution in [0.5, 0.6) is 0 Å². The zero-order chi connectivity index (χ0) is 12.6. The fraction of sp³-hybridized carbons (Fsp3) is 0.250. The van der Waals surface area contributed by atoms with Gasteiger partial charge in [-0.25, -0.2) is 0 Å². The van der Waals surface area contributed by atoms with Crippen LogP contribution in [0.1, 0.15) is 24.2 Å². The first-order valence-electron chi connectivity index (χ1n) is 5.26. The summed E-state index contributed by atoms with van der Waals surface area (Å²) in [4.78, 5) is 15.1. The van der Waals surface area contributed by atoms with Crippen LogP contribution in [0.15, 0.2) is 27.3 Å². The van der Waals surface area contributed by atoms with Gasteiger partial charge in [-0.2, -0.15) is 0 Å². The Morgan fingerprint density at radius 3 is 2.59 bits per heavy atom. The van der Waals surface area contributed by atoms with E-state index < -0.39 is 0 Å². The summed E-state index contributed by atoms with van der Waals surface area (Å²) in [7, 11) is 0. The normalized spacial score (nSPS) is 11.1. The number of nitrogens with one attached hydrogen (secondary N) is 2. The van der Waals surface area contributed by atoms with E-state index in [9.17, 15) is 4.79 Å². The smallest absolute Gasteiger partial charge is 0.253 e. The molecule has 0 atom stereocenters. The summed E-state index contributed by atoms with van der Waals surface area (Å²) < 4.78 is 1.89. The molecular formula is C12H12Br2N2O. The van der Waals surface area contributed by atoms with Gasteiger partial charge in [0.25, 0.3) is 5.91 Å². The first-order valence-corrected chi connectivity index (χ1v) is 6.84. The van der Waals surface area contributed by atoms with E-state index in [-0.39, 0.29) is 11.9 Å². The SMILES string of the molecule is CC(C)NC(=O)c1c[nH]c2cc(Br)c(Br)cc12. The minimum absolute atomic E-state index is 0.0551. The lowest BCUT2D eigenvalue weighted by Crippen LogP contribution is -2.29. The molecule has 1 amide bonds. The van der Waals surface area contributed by atoms with E-state index in [4.69, 9.17) is 0 Å². The minimum Gasteiger partial charge on any atom is -0.360 e. The van der Waals surface area contributed by atoms with Crippen LogP contribution in [0.3, 0.4) is 0 Å². The van der Waals surface area contributed by atoms with E-state index in [0.717, 1.165) is 19.8 Å². The first-order chi connectivity index (χ1) is 7.99. The second-order valence-electron chi connectivity index (χ2n) is 4.14. The number of H-pyrrole nitrogens is 1. The molecule has 0 saturated carbocycles. The predicted octanol–water partition coefficient (Wildman–Crippen LogP) is 3.83. The molecule has 0 aliphatic heterocycles. The van der Waals surface area contributed by atoms with Crippen molar-refractivity contribution in [1.82, 2.24) is 10.3 Å². The topological polar surface area (TPSA) is 44.9 Å². The second kappa shape index (κ2) is 4.82. The van der Waals surface area contributed by atoms with E-state index in [1.807, 2.05) is 26.0 Å². The molecule has 2 rings (SSSR count). The van der Waals surface area contributed by atoms with Crippen molar-refractivity contribution in [3.63, 3.8) is 0 Å². The Hall–Kier alpha value is -0.810. The molecular weight excluding hydrogens is 348 g/mol. The number of carbonyl (C=O) groups is 1. The Morgan fingerprint density at radius 2 is 1.94 bits per heavy atom. The summed E-state index contributed by atoms with van der Waals surface area (Å²) in [6, 6.07) is 4.02. The number of hydrogen-bond donors (Lipinski definition) is 2. The van der Waals surface area contributed by atoms with Crippen LogP contribution in [0.25, 0.3) is 10.9 Å². The van der Waals surface area contributed by atoms with Crippen molar-refractivity contribution >= 4 is 48.7 Å². The summed E-state index contributed by atoms with van der Waals surface area (Å²) in [5, 5.41) is 3.80. The number of amides is 1. The molecule has 5 heteroatoms. The molecule has 90 valence electrons. The summed E-state index contributed by atoms with van der Waals surface area (Å²) in [5.41, 5.74) is 1.61. The Balaban J connectivity index is 2.49. The zero-order valence-electron chi connectivity index (χ0n) is 9.47. The standard InChI is InChI=1S/C12H12Br2N2O/c1-6(2)16-12(17)8-5-15-11-4-10(14)9(13)3-7(8)11/h3-6,15H,1-2H3,(H,16,17). The average Bonchev–Trinajstić information content (AvgIpc) is 2.60. The monoisotopic (exact) mass is 358 g/mol. The molecule has 1 aromatic heterocycles. The summed E-state index contributed by atoms with van der Waals surface area (Å²) in [6.45, 7) is 3.89. The molecule has 2 aromatic rings. The van der Waals surface area contributed by atoms with Crippen molar-refractivity contribution < 1.29 is 4.79 Å². The Bertz CT molecular complexity index is 575. The molecule has 0 fully saturated rings. The molecule has 3 nitrogen and oxygen atoms in total. The van der Waals surface area contributed by atoms with Crippen molar-refractivity contribution in [3.05, 3.63) is 32.8 Å². The highest BCUT2D eigenvalue weighted by Gasteiger charge is 2.13. The van der Waals surface area contributed by atoms with Gasteiger partial charge < -0.3 is 10.3 Å². The molecule has 0 aliphatic rings. The van der Waals surface area contributed by atoms with E-state index >= 15 is 0 Å². The molecule has 17 heavy (non-hydrogen) atoms. The van der Waals surface area contributed by atoms with Crippen LogP contribution in [0.2, 0.25) is 0 Å². The van der Waals surface area contributed by atoms with Gasteiger partial charge in [-0.15, -0.1) is 0 Å². The van der Waals surface area contributed by atoms with E-state index in [1.54, 1.807) is 6.20 Å². The molecule has 0 unspecified atom stereocenters. The van der Waals surface area contributed by atoms with Crippen LogP contribution in [-0.4, -0.2) is 16.9 Å². The summed E-state index contributed by atoms with van der Waals surface area (Å²) in [5.74, 6) is -0.0551. The number of carbonyl (C=O) groups excluding carboxylic acids is 1. The third-order valence-corrected chi connectivity index (χ3v) is 4.23. The third-order valence-electron chi connectivity index (χ3n) is 2.39. The number of fused-ring (bicyclic) bond motifs is 1.